The van der Waals surface area contributed by atoms with Crippen LogP contribution >= 0.6 is 0 Å². The van der Waals surface area contributed by atoms with E-state index in [9.17, 15) is 4.79 Å². The second-order valence-corrected chi connectivity index (χ2v) is 6.24. The highest BCUT2D eigenvalue weighted by Crippen LogP contribution is 2.20. The van der Waals surface area contributed by atoms with Crippen molar-refractivity contribution in [2.24, 2.45) is 0 Å². The van der Waals surface area contributed by atoms with Crippen LogP contribution in [-0.4, -0.2) is 17.7 Å². The lowest BCUT2D eigenvalue weighted by Gasteiger charge is -2.06. The fraction of sp³-hybridized carbons (Fsp3) is 0.571. The van der Waals surface area contributed by atoms with Gasteiger partial charge < -0.3 is 9.84 Å². The molecule has 3 nitrogen and oxygen atoms in total. The van der Waals surface area contributed by atoms with Crippen molar-refractivity contribution >= 4 is 12.0 Å². The largest absolute Gasteiger partial charge is 0.481 e. The van der Waals surface area contributed by atoms with E-state index in [4.69, 9.17) is 9.84 Å². The number of carbonyl (C=O) groups is 1. The number of ether oxygens (including phenoxy) is 1. The normalized spacial score (nSPS) is 11.0. The van der Waals surface area contributed by atoms with Gasteiger partial charge in [-0.3, -0.25) is 0 Å². The van der Waals surface area contributed by atoms with Crippen LogP contribution in [0.2, 0.25) is 0 Å². The van der Waals surface area contributed by atoms with Crippen LogP contribution in [0.4, 0.5) is 0 Å². The first-order valence-corrected chi connectivity index (χ1v) is 9.34. The molecule has 1 aromatic carbocycles. The van der Waals surface area contributed by atoms with E-state index in [2.05, 4.69) is 13.0 Å². The molecule has 0 aliphatic carbocycles. The molecule has 134 valence electrons. The maximum atomic E-state index is 10.6. The van der Waals surface area contributed by atoms with Crippen molar-refractivity contribution in [1.29, 1.82) is 0 Å². The first-order valence-electron chi connectivity index (χ1n) is 9.34. The van der Waals surface area contributed by atoms with Gasteiger partial charge in [-0.25, -0.2) is 4.79 Å². The number of aliphatic carboxylic acids is 1. The second-order valence-electron chi connectivity index (χ2n) is 6.24. The monoisotopic (exact) mass is 332 g/mol. The maximum Gasteiger partial charge on any atom is 0.341 e. The number of para-hydroxylation sites is 1. The van der Waals surface area contributed by atoms with Crippen molar-refractivity contribution < 1.29 is 14.6 Å². The Balaban J connectivity index is 2.15. The third kappa shape index (κ3) is 10.1. The van der Waals surface area contributed by atoms with E-state index in [1.807, 2.05) is 24.3 Å². The molecule has 0 aliphatic rings. The second kappa shape index (κ2) is 13.6. The molecule has 24 heavy (non-hydrogen) atoms. The van der Waals surface area contributed by atoms with Gasteiger partial charge in [0.05, 0.1) is 0 Å². The fourth-order valence-electron chi connectivity index (χ4n) is 2.67. The fourth-order valence-corrected chi connectivity index (χ4v) is 2.67. The van der Waals surface area contributed by atoms with Crippen LogP contribution in [0.15, 0.2) is 30.3 Å². The number of hydrogen-bond donors (Lipinski definition) is 1. The molecule has 0 spiro atoms. The van der Waals surface area contributed by atoms with E-state index in [-0.39, 0.29) is 6.61 Å². The van der Waals surface area contributed by atoms with Crippen LogP contribution in [-0.2, 0) is 4.79 Å². The molecule has 0 heterocycles. The van der Waals surface area contributed by atoms with Crippen molar-refractivity contribution in [3.8, 4) is 5.75 Å². The zero-order valence-corrected chi connectivity index (χ0v) is 15.0. The first-order chi connectivity index (χ1) is 11.7. The van der Waals surface area contributed by atoms with Gasteiger partial charge in [0.1, 0.15) is 5.75 Å². The first kappa shape index (κ1) is 20.3. The Morgan fingerprint density at radius 3 is 2.29 bits per heavy atom. The third-order valence-electron chi connectivity index (χ3n) is 4.04. The summed E-state index contributed by atoms with van der Waals surface area (Å²) in [6.45, 7) is 1.95. The predicted octanol–water partition coefficient (Wildman–Crippen LogP) is 6.08. The molecular formula is C21H32O3. The molecule has 1 rings (SSSR count). The Labute approximate surface area is 146 Å². The van der Waals surface area contributed by atoms with Crippen molar-refractivity contribution in [1.82, 2.24) is 0 Å². The highest BCUT2D eigenvalue weighted by atomic mass is 16.5. The molecular weight excluding hydrogens is 300 g/mol. The molecule has 0 radical (unpaired) electrons. The summed E-state index contributed by atoms with van der Waals surface area (Å²) in [5, 5.41) is 8.70. The number of unbranched alkanes of at least 4 members (excludes halogenated alkanes) is 9. The minimum Gasteiger partial charge on any atom is -0.481 e. The summed E-state index contributed by atoms with van der Waals surface area (Å²) in [4.78, 5) is 10.6. The molecule has 0 fully saturated rings. The number of hydrogen-bond acceptors (Lipinski definition) is 2. The van der Waals surface area contributed by atoms with Gasteiger partial charge in [0.25, 0.3) is 0 Å². The molecule has 0 saturated heterocycles. The van der Waals surface area contributed by atoms with E-state index in [1.54, 1.807) is 6.07 Å². The van der Waals surface area contributed by atoms with Gasteiger partial charge in [-0.2, -0.15) is 0 Å². The smallest absolute Gasteiger partial charge is 0.341 e. The topological polar surface area (TPSA) is 46.5 Å². The minimum absolute atomic E-state index is 0.302. The number of allylic oxidation sites excluding steroid dienone is 1. The average molecular weight is 332 g/mol. The van der Waals surface area contributed by atoms with Gasteiger partial charge in [0, 0.05) is 5.56 Å². The van der Waals surface area contributed by atoms with Crippen molar-refractivity contribution in [2.75, 3.05) is 6.61 Å². The van der Waals surface area contributed by atoms with Gasteiger partial charge >= 0.3 is 5.97 Å². The van der Waals surface area contributed by atoms with E-state index >= 15 is 0 Å². The van der Waals surface area contributed by atoms with Gasteiger partial charge in [0.2, 0.25) is 0 Å². The molecule has 0 aliphatic heterocycles. The van der Waals surface area contributed by atoms with E-state index in [0.717, 1.165) is 12.0 Å². The average Bonchev–Trinajstić information content (AvgIpc) is 2.58. The van der Waals surface area contributed by atoms with Crippen LogP contribution in [0.5, 0.6) is 5.75 Å². The van der Waals surface area contributed by atoms with Gasteiger partial charge in [-0.05, 0) is 18.9 Å². The summed E-state index contributed by atoms with van der Waals surface area (Å²) < 4.78 is 5.30. The molecule has 1 N–H and O–H groups in total. The third-order valence-corrected chi connectivity index (χ3v) is 4.04. The molecule has 0 atom stereocenters. The van der Waals surface area contributed by atoms with Crippen LogP contribution in [0.3, 0.4) is 0 Å². The Kier molecular flexibility index (Phi) is 11.5. The summed E-state index contributed by atoms with van der Waals surface area (Å²) in [6.07, 6.45) is 17.3. The van der Waals surface area contributed by atoms with Crippen LogP contribution in [0, 0.1) is 0 Å². The molecule has 0 amide bonds. The standard InChI is InChI=1S/C21H32O3/c1-2-3-4-5-6-7-8-9-10-11-12-15-19-16-13-14-17-20(19)24-18-21(22)23/h12-17H,2-11,18H2,1H3,(H,22,23)/b15-12-. The molecule has 0 unspecified atom stereocenters. The Hall–Kier alpha value is -1.77. The van der Waals surface area contributed by atoms with Gasteiger partial charge in [0.15, 0.2) is 6.61 Å². The summed E-state index contributed by atoms with van der Waals surface area (Å²) in [6, 6.07) is 7.55. The number of rotatable bonds is 14. The number of carboxylic acid groups (broad SMARTS) is 1. The minimum atomic E-state index is -0.955. The highest BCUT2D eigenvalue weighted by molar-refractivity contribution is 5.69. The summed E-state index contributed by atoms with van der Waals surface area (Å²) >= 11 is 0. The van der Waals surface area contributed by atoms with E-state index < -0.39 is 5.97 Å². The van der Waals surface area contributed by atoms with Gasteiger partial charge in [-0.15, -0.1) is 0 Å². The highest BCUT2D eigenvalue weighted by Gasteiger charge is 2.02. The number of carboxylic acids is 1. The zero-order chi connectivity index (χ0) is 17.5. The Bertz CT molecular complexity index is 480. The molecule has 0 saturated carbocycles. The molecule has 0 aromatic heterocycles. The Morgan fingerprint density at radius 2 is 1.62 bits per heavy atom. The van der Waals surface area contributed by atoms with Crippen LogP contribution in [0.25, 0.3) is 6.08 Å². The molecule has 1 aromatic rings. The SMILES string of the molecule is CCCCCCCCCCC/C=C\c1ccccc1OCC(=O)O. The molecule has 0 bridgehead atoms. The molecule has 3 heteroatoms. The number of benzene rings is 1. The summed E-state index contributed by atoms with van der Waals surface area (Å²) in [5.41, 5.74) is 0.940. The lowest BCUT2D eigenvalue weighted by Crippen LogP contribution is -2.09. The lowest BCUT2D eigenvalue weighted by molar-refractivity contribution is -0.139. The van der Waals surface area contributed by atoms with Crippen molar-refractivity contribution in [3.05, 3.63) is 35.9 Å². The van der Waals surface area contributed by atoms with Crippen LogP contribution in [0.1, 0.15) is 76.7 Å². The Morgan fingerprint density at radius 1 is 1.00 bits per heavy atom. The van der Waals surface area contributed by atoms with E-state index in [0.29, 0.717) is 5.75 Å². The quantitative estimate of drug-likeness (QED) is 0.420. The lowest BCUT2D eigenvalue weighted by atomic mass is 10.1. The van der Waals surface area contributed by atoms with Crippen molar-refractivity contribution in [2.45, 2.75) is 71.1 Å². The van der Waals surface area contributed by atoms with Gasteiger partial charge in [-0.1, -0.05) is 88.6 Å². The summed E-state index contributed by atoms with van der Waals surface area (Å²) in [5.74, 6) is -0.327. The van der Waals surface area contributed by atoms with Crippen molar-refractivity contribution in [3.63, 3.8) is 0 Å². The van der Waals surface area contributed by atoms with E-state index in [1.165, 1.54) is 57.8 Å². The summed E-state index contributed by atoms with van der Waals surface area (Å²) in [7, 11) is 0. The maximum absolute atomic E-state index is 10.6. The zero-order valence-electron chi connectivity index (χ0n) is 15.0. The predicted molar refractivity (Wildman–Crippen MR) is 100 cm³/mol. The van der Waals surface area contributed by atoms with Crippen LogP contribution < -0.4 is 4.74 Å².